The molecule has 10 heteroatoms. The fourth-order valence-corrected chi connectivity index (χ4v) is 2.06. The van der Waals surface area contributed by atoms with Gasteiger partial charge in [0, 0.05) is 13.6 Å². The van der Waals surface area contributed by atoms with E-state index in [2.05, 4.69) is 0 Å². The van der Waals surface area contributed by atoms with Crippen LogP contribution in [-0.4, -0.2) is 74.6 Å². The molecule has 0 aromatic heterocycles. The summed E-state index contributed by atoms with van der Waals surface area (Å²) in [6.07, 6.45) is 0. The molecule has 2 aliphatic rings. The van der Waals surface area contributed by atoms with E-state index in [-0.39, 0.29) is 11.7 Å². The monoisotopic (exact) mass is 298 g/mol. The van der Waals surface area contributed by atoms with Crippen molar-refractivity contribution in [3.8, 4) is 0 Å². The van der Waals surface area contributed by atoms with Crippen molar-refractivity contribution in [2.75, 3.05) is 20.3 Å². The van der Waals surface area contributed by atoms with Crippen LogP contribution < -0.4 is 0 Å². The second-order valence-corrected chi connectivity index (χ2v) is 4.45. The van der Waals surface area contributed by atoms with E-state index in [1.54, 1.807) is 0 Å². The van der Waals surface area contributed by atoms with E-state index in [1.165, 1.54) is 14.0 Å². The molecule has 6 amide bonds. The lowest BCUT2D eigenvalue weighted by atomic mass is 10.5. The number of nitrogens with zero attached hydrogens (tertiary/aromatic N) is 4. The molecule has 20 heavy (non-hydrogen) atoms. The van der Waals surface area contributed by atoms with Gasteiger partial charge in [-0.25, -0.2) is 9.69 Å². The molecular formula is C10H10N4O5S. The molecule has 0 bridgehead atoms. The van der Waals surface area contributed by atoms with E-state index >= 15 is 0 Å². The number of rotatable bonds is 3. The molecule has 0 spiro atoms. The van der Waals surface area contributed by atoms with Gasteiger partial charge in [0.1, 0.15) is 6.67 Å². The van der Waals surface area contributed by atoms with Crippen LogP contribution in [0, 0.1) is 0 Å². The molecule has 2 rings (SSSR count). The molecule has 0 saturated carbocycles. The highest BCUT2D eigenvalue weighted by molar-refractivity contribution is 7.80. The Hall–Kier alpha value is -2.36. The van der Waals surface area contributed by atoms with Crippen LogP contribution in [0.3, 0.4) is 0 Å². The summed E-state index contributed by atoms with van der Waals surface area (Å²) in [4.78, 5) is 61.2. The minimum atomic E-state index is -1.05. The summed E-state index contributed by atoms with van der Waals surface area (Å²) in [6, 6.07) is -0.833. The molecule has 0 aliphatic carbocycles. The summed E-state index contributed by atoms with van der Waals surface area (Å²) in [5, 5.41) is -0.122. The van der Waals surface area contributed by atoms with Crippen LogP contribution in [0.1, 0.15) is 6.92 Å². The molecular weight excluding hydrogens is 288 g/mol. The predicted octanol–water partition coefficient (Wildman–Crippen LogP) is -1.66. The fourth-order valence-electron chi connectivity index (χ4n) is 1.83. The third kappa shape index (κ3) is 1.76. The Balaban J connectivity index is 2.23. The number of imide groups is 2. The third-order valence-corrected chi connectivity index (χ3v) is 3.48. The van der Waals surface area contributed by atoms with Crippen LogP contribution >= 0.6 is 12.2 Å². The largest absolute Gasteiger partial charge is 0.335 e. The first-order valence-electron chi connectivity index (χ1n) is 5.62. The molecule has 2 heterocycles. The lowest BCUT2D eigenvalue weighted by Gasteiger charge is -2.21. The van der Waals surface area contributed by atoms with Crippen LogP contribution in [-0.2, 0) is 19.2 Å². The average molecular weight is 298 g/mol. The van der Waals surface area contributed by atoms with Crippen LogP contribution in [0.25, 0.3) is 0 Å². The number of carbonyl (C=O) groups excluding carboxylic acids is 5. The standard InChI is InChI=1S/C10H10N4O5S/c1-3-12-7(17)8(18)13(9(12)19)4-14-6(16)5(15)11(2)10(14)20/h3-4H2,1-2H3. The van der Waals surface area contributed by atoms with E-state index in [0.29, 0.717) is 4.90 Å². The molecule has 2 fully saturated rings. The van der Waals surface area contributed by atoms with Crippen molar-refractivity contribution in [3.05, 3.63) is 0 Å². The van der Waals surface area contributed by atoms with Crippen molar-refractivity contribution in [1.82, 2.24) is 19.6 Å². The summed E-state index contributed by atoms with van der Waals surface area (Å²) in [6.45, 7) is 1.03. The fraction of sp³-hybridized carbons (Fsp3) is 0.400. The van der Waals surface area contributed by atoms with Gasteiger partial charge in [-0.2, -0.15) is 0 Å². The third-order valence-electron chi connectivity index (χ3n) is 2.98. The van der Waals surface area contributed by atoms with E-state index in [1.807, 2.05) is 0 Å². The summed E-state index contributed by atoms with van der Waals surface area (Å²) >= 11 is 4.88. The van der Waals surface area contributed by atoms with Crippen molar-refractivity contribution >= 4 is 47.0 Å². The van der Waals surface area contributed by atoms with Gasteiger partial charge in [0.2, 0.25) is 0 Å². The number of hydrogen-bond acceptors (Lipinski definition) is 6. The first-order valence-corrected chi connectivity index (χ1v) is 6.02. The molecule has 106 valence electrons. The van der Waals surface area contributed by atoms with Gasteiger partial charge >= 0.3 is 29.7 Å². The van der Waals surface area contributed by atoms with Gasteiger partial charge in [-0.15, -0.1) is 0 Å². The van der Waals surface area contributed by atoms with Crippen LogP contribution in [0.2, 0.25) is 0 Å². The molecule has 2 aliphatic heterocycles. The zero-order valence-corrected chi connectivity index (χ0v) is 11.5. The van der Waals surface area contributed by atoms with Crippen molar-refractivity contribution in [3.63, 3.8) is 0 Å². The second kappa shape index (κ2) is 4.63. The Kier molecular flexibility index (Phi) is 3.26. The van der Waals surface area contributed by atoms with E-state index < -0.39 is 36.3 Å². The topological polar surface area (TPSA) is 98.3 Å². The van der Waals surface area contributed by atoms with Gasteiger partial charge in [0.15, 0.2) is 5.11 Å². The first-order chi connectivity index (χ1) is 9.31. The van der Waals surface area contributed by atoms with E-state index in [9.17, 15) is 24.0 Å². The molecule has 0 radical (unpaired) electrons. The van der Waals surface area contributed by atoms with Crippen molar-refractivity contribution in [2.24, 2.45) is 0 Å². The minimum absolute atomic E-state index is 0.0388. The van der Waals surface area contributed by atoms with E-state index in [4.69, 9.17) is 12.2 Å². The number of carbonyl (C=O) groups is 5. The highest BCUT2D eigenvalue weighted by atomic mass is 32.1. The number of thiocarbonyl (C=S) groups is 1. The molecule has 2 saturated heterocycles. The quantitative estimate of drug-likeness (QED) is 0.351. The summed E-state index contributed by atoms with van der Waals surface area (Å²) in [7, 11) is 1.31. The normalized spacial score (nSPS) is 20.1. The molecule has 0 atom stereocenters. The number of urea groups is 1. The second-order valence-electron chi connectivity index (χ2n) is 4.09. The zero-order chi connectivity index (χ0) is 15.2. The van der Waals surface area contributed by atoms with Crippen LogP contribution in [0.5, 0.6) is 0 Å². The Morgan fingerprint density at radius 3 is 1.75 bits per heavy atom. The molecule has 0 N–H and O–H groups in total. The minimum Gasteiger partial charge on any atom is -0.284 e. The number of hydrogen-bond donors (Lipinski definition) is 0. The summed E-state index contributed by atoms with van der Waals surface area (Å²) in [5.74, 6) is -3.81. The van der Waals surface area contributed by atoms with Crippen LogP contribution in [0.15, 0.2) is 0 Å². The zero-order valence-electron chi connectivity index (χ0n) is 10.7. The van der Waals surface area contributed by atoms with Gasteiger partial charge in [-0.1, -0.05) is 0 Å². The van der Waals surface area contributed by atoms with Crippen molar-refractivity contribution < 1.29 is 24.0 Å². The van der Waals surface area contributed by atoms with E-state index in [0.717, 1.165) is 14.7 Å². The predicted molar refractivity (Wildman–Crippen MR) is 66.7 cm³/mol. The molecule has 0 aromatic carbocycles. The van der Waals surface area contributed by atoms with Crippen LogP contribution in [0.4, 0.5) is 4.79 Å². The summed E-state index contributed by atoms with van der Waals surface area (Å²) < 4.78 is 0. The average Bonchev–Trinajstić information content (AvgIpc) is 2.73. The SMILES string of the molecule is CCN1C(=O)C(=O)N(CN2C(=O)C(=O)N(C)C2=S)C1=O. The Morgan fingerprint density at radius 2 is 1.35 bits per heavy atom. The Bertz CT molecular complexity index is 574. The Morgan fingerprint density at radius 1 is 0.850 bits per heavy atom. The maximum atomic E-state index is 11.9. The lowest BCUT2D eigenvalue weighted by molar-refractivity contribution is -0.146. The van der Waals surface area contributed by atoms with Gasteiger partial charge in [-0.05, 0) is 19.1 Å². The number of amides is 6. The van der Waals surface area contributed by atoms with Gasteiger partial charge < -0.3 is 0 Å². The lowest BCUT2D eigenvalue weighted by Crippen LogP contribution is -2.45. The van der Waals surface area contributed by atoms with Gasteiger partial charge in [0.25, 0.3) is 0 Å². The van der Waals surface area contributed by atoms with Crippen molar-refractivity contribution in [1.29, 1.82) is 0 Å². The first kappa shape index (κ1) is 14.1. The Labute approximate surface area is 118 Å². The highest BCUT2D eigenvalue weighted by Crippen LogP contribution is 2.16. The van der Waals surface area contributed by atoms with Crippen molar-refractivity contribution in [2.45, 2.75) is 6.92 Å². The maximum absolute atomic E-state index is 11.9. The molecule has 0 unspecified atom stereocenters. The smallest absolute Gasteiger partial charge is 0.284 e. The number of likely N-dealkylation sites (N-methyl/N-ethyl adjacent to an activating group) is 2. The van der Waals surface area contributed by atoms with Gasteiger partial charge in [0.05, 0.1) is 0 Å². The maximum Gasteiger partial charge on any atom is 0.335 e. The molecule has 0 aromatic rings. The summed E-state index contributed by atoms with van der Waals surface area (Å²) in [5.41, 5.74) is 0. The van der Waals surface area contributed by atoms with Gasteiger partial charge in [-0.3, -0.25) is 33.9 Å². The highest BCUT2D eigenvalue weighted by Gasteiger charge is 2.48. The molecule has 9 nitrogen and oxygen atoms in total.